The lowest BCUT2D eigenvalue weighted by atomic mass is 9.89. The van der Waals surface area contributed by atoms with Crippen LogP contribution in [0.2, 0.25) is 0 Å². The van der Waals surface area contributed by atoms with Crippen LogP contribution in [-0.2, 0) is 45.1 Å². The maximum Gasteiger partial charge on any atom is 0.408 e. The first-order valence-electron chi connectivity index (χ1n) is 18.9. The van der Waals surface area contributed by atoms with Gasteiger partial charge in [-0.15, -0.1) is 0 Å². The molecule has 0 heterocycles. The van der Waals surface area contributed by atoms with E-state index in [0.29, 0.717) is 5.56 Å². The van der Waals surface area contributed by atoms with Crippen molar-refractivity contribution in [1.29, 1.82) is 0 Å². The molecule has 0 radical (unpaired) electrons. The molecule has 0 saturated carbocycles. The highest BCUT2D eigenvalue weighted by atomic mass is 16.6. The number of hydrogen-bond acceptors (Lipinski definition) is 9. The number of imide groups is 1. The average Bonchev–Trinajstić information content (AvgIpc) is 3.20. The van der Waals surface area contributed by atoms with E-state index in [4.69, 9.17) is 15.2 Å². The molecule has 4 rings (SSSR count). The highest BCUT2D eigenvalue weighted by molar-refractivity contribution is 6.02. The lowest BCUT2D eigenvalue weighted by molar-refractivity contribution is -0.157. The number of nitrogens with one attached hydrogen (secondary N) is 2. The van der Waals surface area contributed by atoms with Crippen LogP contribution in [0.15, 0.2) is 121 Å². The second kappa shape index (κ2) is 21.5. The van der Waals surface area contributed by atoms with Gasteiger partial charge in [-0.2, -0.15) is 0 Å². The lowest BCUT2D eigenvalue weighted by Crippen LogP contribution is -2.65. The summed E-state index contributed by atoms with van der Waals surface area (Å²) in [6.07, 6.45) is -5.09. The van der Waals surface area contributed by atoms with Gasteiger partial charge in [0.05, 0.1) is 12.1 Å². The summed E-state index contributed by atoms with van der Waals surface area (Å²) in [6.45, 7) is 6.62. The normalized spacial score (nSPS) is 14.4. The van der Waals surface area contributed by atoms with Gasteiger partial charge in [-0.1, -0.05) is 149 Å². The van der Waals surface area contributed by atoms with E-state index in [1.54, 1.807) is 107 Å². The molecule has 12 heteroatoms. The molecule has 298 valence electrons. The molecule has 4 aromatic carbocycles. The fourth-order valence-electron chi connectivity index (χ4n) is 6.25. The predicted octanol–water partition coefficient (Wildman–Crippen LogP) is 5.15. The molecule has 0 unspecified atom stereocenters. The fraction of sp³-hybridized carbons (Fsp3) is 0.364. The molecule has 0 aliphatic rings. The minimum atomic E-state index is -1.77. The quantitative estimate of drug-likeness (QED) is 0.0916. The predicted molar refractivity (Wildman–Crippen MR) is 213 cm³/mol. The van der Waals surface area contributed by atoms with Crippen LogP contribution in [0.25, 0.3) is 0 Å². The number of nitrogens with two attached hydrogens (primary N) is 1. The number of amides is 4. The molecule has 0 aliphatic carbocycles. The third-order valence-corrected chi connectivity index (χ3v) is 9.43. The topological polar surface area (TPSA) is 181 Å². The second-order valence-electron chi connectivity index (χ2n) is 14.5. The van der Waals surface area contributed by atoms with Gasteiger partial charge in [0, 0.05) is 6.04 Å². The molecule has 12 nitrogen and oxygen atoms in total. The Morgan fingerprint density at radius 3 is 1.25 bits per heavy atom. The summed E-state index contributed by atoms with van der Waals surface area (Å²) in [5.74, 6) is -2.92. The minimum absolute atomic E-state index is 0.0698. The van der Waals surface area contributed by atoms with Crippen molar-refractivity contribution in [1.82, 2.24) is 15.5 Å². The van der Waals surface area contributed by atoms with Crippen LogP contribution in [0.3, 0.4) is 0 Å². The first-order chi connectivity index (χ1) is 26.8. The van der Waals surface area contributed by atoms with Crippen molar-refractivity contribution >= 4 is 24.0 Å². The van der Waals surface area contributed by atoms with E-state index in [2.05, 4.69) is 10.6 Å². The number of carbonyl (C=O) groups excluding carboxylic acids is 4. The van der Waals surface area contributed by atoms with Crippen LogP contribution in [0.5, 0.6) is 0 Å². The lowest BCUT2D eigenvalue weighted by Gasteiger charge is -2.40. The Labute approximate surface area is 329 Å². The monoisotopic (exact) mass is 766 g/mol. The zero-order chi connectivity index (χ0) is 40.6. The van der Waals surface area contributed by atoms with Crippen LogP contribution in [0.4, 0.5) is 9.59 Å². The zero-order valence-electron chi connectivity index (χ0n) is 32.4. The molecule has 0 aromatic heterocycles. The van der Waals surface area contributed by atoms with E-state index in [9.17, 15) is 29.4 Å². The van der Waals surface area contributed by atoms with Gasteiger partial charge < -0.3 is 36.1 Å². The summed E-state index contributed by atoms with van der Waals surface area (Å²) in [6, 6.07) is 31.0. The first-order valence-corrected chi connectivity index (χ1v) is 18.9. The summed E-state index contributed by atoms with van der Waals surface area (Å²) in [5, 5.41) is 29.0. The van der Waals surface area contributed by atoms with Gasteiger partial charge in [-0.25, -0.2) is 9.59 Å². The molecule has 6 N–H and O–H groups in total. The molecule has 0 spiro atoms. The molecule has 0 saturated heterocycles. The molecule has 0 bridgehead atoms. The van der Waals surface area contributed by atoms with Crippen molar-refractivity contribution in [3.8, 4) is 0 Å². The fourth-order valence-corrected chi connectivity index (χ4v) is 6.25. The molecular formula is C44H54N4O8. The van der Waals surface area contributed by atoms with Gasteiger partial charge in [-0.05, 0) is 46.9 Å². The van der Waals surface area contributed by atoms with Gasteiger partial charge in [0.1, 0.15) is 31.4 Å². The summed E-state index contributed by atoms with van der Waals surface area (Å²) in [4.78, 5) is 57.2. The highest BCUT2D eigenvalue weighted by Gasteiger charge is 2.45. The van der Waals surface area contributed by atoms with Gasteiger partial charge in [0.25, 0.3) is 11.8 Å². The van der Waals surface area contributed by atoms with Crippen molar-refractivity contribution in [3.05, 3.63) is 144 Å². The Morgan fingerprint density at radius 1 is 0.554 bits per heavy atom. The maximum atomic E-state index is 14.9. The number of ether oxygens (including phenoxy) is 2. The Morgan fingerprint density at radius 2 is 0.893 bits per heavy atom. The van der Waals surface area contributed by atoms with Crippen molar-refractivity contribution in [2.75, 3.05) is 0 Å². The number of hydrogen-bond donors (Lipinski definition) is 5. The highest BCUT2D eigenvalue weighted by Crippen LogP contribution is 2.23. The maximum absolute atomic E-state index is 14.9. The SMILES string of the molecule is CC(C)[C@H](NC(=O)OCc1ccccc1)C(=O)N(C(=O)[C@@H](NC(=O)OCc1ccccc1)C(C)C)[C@@H](Cc1ccccc1)[C@H](O)[C@@H](O)[C@@H](N)Cc1ccccc1. The molecule has 0 fully saturated rings. The third kappa shape index (κ3) is 12.8. The number of aliphatic hydroxyl groups is 2. The molecule has 56 heavy (non-hydrogen) atoms. The van der Waals surface area contributed by atoms with Crippen molar-refractivity contribution < 1.29 is 38.9 Å². The average molecular weight is 767 g/mol. The van der Waals surface area contributed by atoms with E-state index in [0.717, 1.165) is 21.6 Å². The van der Waals surface area contributed by atoms with Gasteiger partial charge in [0.15, 0.2) is 0 Å². The summed E-state index contributed by atoms with van der Waals surface area (Å²) >= 11 is 0. The van der Waals surface area contributed by atoms with Gasteiger partial charge in [0.2, 0.25) is 0 Å². The van der Waals surface area contributed by atoms with E-state index in [-0.39, 0.29) is 26.1 Å². The van der Waals surface area contributed by atoms with Gasteiger partial charge >= 0.3 is 12.2 Å². The smallest absolute Gasteiger partial charge is 0.408 e. The van der Waals surface area contributed by atoms with E-state index in [1.807, 2.05) is 42.5 Å². The Hall–Kier alpha value is -5.56. The summed E-state index contributed by atoms with van der Waals surface area (Å²) in [5.41, 5.74) is 9.40. The number of rotatable bonds is 18. The molecule has 4 aromatic rings. The van der Waals surface area contributed by atoms with Crippen LogP contribution >= 0.6 is 0 Å². The standard InChI is InChI=1S/C44H54N4O8/c1-29(2)37(46-43(53)55-27-33-21-13-7-14-22-33)41(51)48(42(52)38(30(3)4)47-44(54)56-28-34-23-15-8-16-24-34)36(26-32-19-11-6-12-20-32)40(50)39(49)35(45)25-31-17-9-5-10-18-31/h5-24,29-30,35-40,49-50H,25-28,45H2,1-4H3,(H,46,53)(H,47,54)/t35-,36-,37-,38-,39-,40-/m0/s1. The largest absolute Gasteiger partial charge is 0.445 e. The van der Waals surface area contributed by atoms with Crippen LogP contribution in [0.1, 0.15) is 49.9 Å². The second-order valence-corrected chi connectivity index (χ2v) is 14.5. The number of nitrogens with zero attached hydrogens (tertiary/aromatic N) is 1. The van der Waals surface area contributed by atoms with Crippen LogP contribution in [0, 0.1) is 11.8 Å². The van der Waals surface area contributed by atoms with E-state index in [1.165, 1.54) is 0 Å². The van der Waals surface area contributed by atoms with Crippen molar-refractivity contribution in [2.45, 2.75) is 90.1 Å². The first kappa shape index (κ1) is 43.2. The molecule has 4 amide bonds. The van der Waals surface area contributed by atoms with E-state index < -0.39 is 72.2 Å². The molecule has 0 aliphatic heterocycles. The number of alkyl carbamates (subject to hydrolysis) is 2. The molecular weight excluding hydrogens is 713 g/mol. The zero-order valence-corrected chi connectivity index (χ0v) is 32.4. The number of carbonyl (C=O) groups is 4. The summed E-state index contributed by atoms with van der Waals surface area (Å²) in [7, 11) is 0. The summed E-state index contributed by atoms with van der Waals surface area (Å²) < 4.78 is 10.9. The van der Waals surface area contributed by atoms with Crippen LogP contribution in [-0.4, -0.2) is 75.5 Å². The Balaban J connectivity index is 1.72. The van der Waals surface area contributed by atoms with Crippen LogP contribution < -0.4 is 16.4 Å². The Kier molecular flexibility index (Phi) is 16.6. The van der Waals surface area contributed by atoms with Crippen molar-refractivity contribution in [3.63, 3.8) is 0 Å². The number of benzene rings is 4. The Bertz CT molecular complexity index is 1730. The van der Waals surface area contributed by atoms with Gasteiger partial charge in [-0.3, -0.25) is 14.5 Å². The third-order valence-electron chi connectivity index (χ3n) is 9.43. The number of aliphatic hydroxyl groups excluding tert-OH is 2. The molecule has 6 atom stereocenters. The van der Waals surface area contributed by atoms with Crippen molar-refractivity contribution in [2.24, 2.45) is 17.6 Å². The minimum Gasteiger partial charge on any atom is -0.445 e. The van der Waals surface area contributed by atoms with E-state index >= 15 is 0 Å².